The second-order valence-electron chi connectivity index (χ2n) is 3.38. The lowest BCUT2D eigenvalue weighted by Gasteiger charge is -2.07. The Hall–Kier alpha value is -1.26. The van der Waals surface area contributed by atoms with Gasteiger partial charge in [-0.05, 0) is 25.1 Å². The van der Waals surface area contributed by atoms with Crippen LogP contribution in [0.2, 0.25) is 10.0 Å². The lowest BCUT2D eigenvalue weighted by molar-refractivity contribution is 0.630. The fourth-order valence-corrected chi connectivity index (χ4v) is 1.72. The molecule has 0 radical (unpaired) electrons. The number of hydrogen-bond acceptors (Lipinski definition) is 2. The molecule has 2 rings (SSSR count). The summed E-state index contributed by atoms with van der Waals surface area (Å²) in [7, 11) is 1.76. The van der Waals surface area contributed by atoms with E-state index in [0.29, 0.717) is 21.6 Å². The summed E-state index contributed by atoms with van der Waals surface area (Å²) < 4.78 is 3.08. The Morgan fingerprint density at radius 1 is 1.25 bits per heavy atom. The standard InChI is InChI=1S/C10H9Cl2N3O/c1-6-13-10(16)15(14(6)2)7-3-4-8(11)9(12)5-7/h3-5H,1-2H3. The van der Waals surface area contributed by atoms with E-state index in [0.717, 1.165) is 0 Å². The van der Waals surface area contributed by atoms with E-state index in [1.54, 1.807) is 36.9 Å². The van der Waals surface area contributed by atoms with Gasteiger partial charge in [0.15, 0.2) is 0 Å². The van der Waals surface area contributed by atoms with Crippen LogP contribution in [0, 0.1) is 6.92 Å². The summed E-state index contributed by atoms with van der Waals surface area (Å²) in [5, 5.41) is 0.863. The average molecular weight is 258 g/mol. The summed E-state index contributed by atoms with van der Waals surface area (Å²) in [6, 6.07) is 5.00. The fraction of sp³-hybridized carbons (Fsp3) is 0.200. The molecule has 16 heavy (non-hydrogen) atoms. The van der Waals surface area contributed by atoms with Gasteiger partial charge in [0, 0.05) is 7.05 Å². The molecule has 0 atom stereocenters. The van der Waals surface area contributed by atoms with Gasteiger partial charge < -0.3 is 0 Å². The van der Waals surface area contributed by atoms with Gasteiger partial charge in [0.25, 0.3) is 0 Å². The molecule has 6 heteroatoms. The van der Waals surface area contributed by atoms with E-state index >= 15 is 0 Å². The quantitative estimate of drug-likeness (QED) is 0.786. The molecule has 1 heterocycles. The van der Waals surface area contributed by atoms with E-state index in [9.17, 15) is 4.79 Å². The average Bonchev–Trinajstić information content (AvgIpc) is 2.47. The Bertz CT molecular complexity index is 601. The molecule has 0 saturated carbocycles. The molecule has 0 saturated heterocycles. The first-order valence-corrected chi connectivity index (χ1v) is 5.34. The van der Waals surface area contributed by atoms with Gasteiger partial charge in [0.05, 0.1) is 15.7 Å². The summed E-state index contributed by atoms with van der Waals surface area (Å²) in [6.07, 6.45) is 0. The number of nitrogens with zero attached hydrogens (tertiary/aromatic N) is 3. The van der Waals surface area contributed by atoms with E-state index in [2.05, 4.69) is 4.98 Å². The Labute approximate surface area is 102 Å². The summed E-state index contributed by atoms with van der Waals surface area (Å²) in [5.74, 6) is 0.635. The zero-order valence-corrected chi connectivity index (χ0v) is 10.2. The number of aryl methyl sites for hydroxylation is 1. The third-order valence-corrected chi connectivity index (χ3v) is 3.09. The maximum atomic E-state index is 11.6. The molecule has 0 N–H and O–H groups in total. The molecule has 1 aromatic carbocycles. The van der Waals surface area contributed by atoms with Crippen LogP contribution in [0.3, 0.4) is 0 Å². The zero-order chi connectivity index (χ0) is 11.9. The number of hydrogen-bond donors (Lipinski definition) is 0. The molecule has 1 aromatic heterocycles. The Morgan fingerprint density at radius 3 is 2.44 bits per heavy atom. The van der Waals surface area contributed by atoms with Crippen LogP contribution in [0.25, 0.3) is 5.69 Å². The molecular formula is C10H9Cl2N3O. The Kier molecular flexibility index (Phi) is 2.78. The van der Waals surface area contributed by atoms with Crippen LogP contribution >= 0.6 is 23.2 Å². The van der Waals surface area contributed by atoms with E-state index in [1.807, 2.05) is 0 Å². The highest BCUT2D eigenvalue weighted by atomic mass is 35.5. The van der Waals surface area contributed by atoms with Crippen LogP contribution in [0.15, 0.2) is 23.0 Å². The lowest BCUT2D eigenvalue weighted by Crippen LogP contribution is -2.20. The number of rotatable bonds is 1. The topological polar surface area (TPSA) is 39.8 Å². The van der Waals surface area contributed by atoms with Crippen molar-refractivity contribution in [2.75, 3.05) is 0 Å². The molecule has 2 aromatic rings. The van der Waals surface area contributed by atoms with Crippen LogP contribution < -0.4 is 5.69 Å². The van der Waals surface area contributed by atoms with Gasteiger partial charge in [-0.3, -0.25) is 4.68 Å². The second kappa shape index (κ2) is 3.96. The fourth-order valence-electron chi connectivity index (χ4n) is 1.43. The number of halogens is 2. The van der Waals surface area contributed by atoms with E-state index in [-0.39, 0.29) is 5.69 Å². The smallest absolute Gasteiger partial charge is 0.266 e. The van der Waals surface area contributed by atoms with Crippen LogP contribution in [0.5, 0.6) is 0 Å². The highest BCUT2D eigenvalue weighted by Crippen LogP contribution is 2.23. The highest BCUT2D eigenvalue weighted by molar-refractivity contribution is 6.42. The summed E-state index contributed by atoms with van der Waals surface area (Å²) in [6.45, 7) is 1.76. The van der Waals surface area contributed by atoms with Crippen molar-refractivity contribution in [2.24, 2.45) is 7.05 Å². The minimum Gasteiger partial charge on any atom is -0.266 e. The molecule has 84 valence electrons. The first-order chi connectivity index (χ1) is 7.50. The third-order valence-electron chi connectivity index (χ3n) is 2.35. The van der Waals surface area contributed by atoms with E-state index in [1.165, 1.54) is 4.68 Å². The maximum absolute atomic E-state index is 11.6. The van der Waals surface area contributed by atoms with Crippen LogP contribution in [0.1, 0.15) is 5.82 Å². The van der Waals surface area contributed by atoms with E-state index < -0.39 is 0 Å². The number of benzene rings is 1. The van der Waals surface area contributed by atoms with Crippen LogP contribution in [-0.4, -0.2) is 14.3 Å². The molecule has 0 spiro atoms. The van der Waals surface area contributed by atoms with Crippen LogP contribution in [-0.2, 0) is 7.05 Å². The molecule has 0 amide bonds. The molecular weight excluding hydrogens is 249 g/mol. The molecule has 0 aliphatic heterocycles. The predicted molar refractivity (Wildman–Crippen MR) is 63.6 cm³/mol. The molecule has 4 nitrogen and oxygen atoms in total. The van der Waals surface area contributed by atoms with Crippen molar-refractivity contribution in [1.82, 2.24) is 14.3 Å². The number of aromatic nitrogens is 3. The molecule has 0 bridgehead atoms. The van der Waals surface area contributed by atoms with Gasteiger partial charge in [0.1, 0.15) is 5.82 Å². The predicted octanol–water partition coefficient (Wildman–Crippen LogP) is 2.19. The minimum absolute atomic E-state index is 0.335. The summed E-state index contributed by atoms with van der Waals surface area (Å²) >= 11 is 11.7. The van der Waals surface area contributed by atoms with Gasteiger partial charge in [0.2, 0.25) is 0 Å². The second-order valence-corrected chi connectivity index (χ2v) is 4.19. The van der Waals surface area contributed by atoms with Crippen molar-refractivity contribution in [3.05, 3.63) is 44.6 Å². The normalized spacial score (nSPS) is 10.8. The van der Waals surface area contributed by atoms with Gasteiger partial charge >= 0.3 is 5.69 Å². The molecule has 0 unspecified atom stereocenters. The first-order valence-electron chi connectivity index (χ1n) is 4.59. The molecule has 0 fully saturated rings. The SMILES string of the molecule is Cc1nc(=O)n(-c2ccc(Cl)c(Cl)c2)n1C. The van der Waals surface area contributed by atoms with Crippen molar-refractivity contribution in [3.8, 4) is 5.69 Å². The van der Waals surface area contributed by atoms with Crippen molar-refractivity contribution < 1.29 is 0 Å². The van der Waals surface area contributed by atoms with E-state index in [4.69, 9.17) is 23.2 Å². The largest absolute Gasteiger partial charge is 0.368 e. The van der Waals surface area contributed by atoms with Gasteiger partial charge in [-0.1, -0.05) is 23.2 Å². The van der Waals surface area contributed by atoms with Crippen molar-refractivity contribution in [1.29, 1.82) is 0 Å². The zero-order valence-electron chi connectivity index (χ0n) is 8.74. The maximum Gasteiger partial charge on any atom is 0.368 e. The van der Waals surface area contributed by atoms with Crippen molar-refractivity contribution in [3.63, 3.8) is 0 Å². The van der Waals surface area contributed by atoms with Crippen molar-refractivity contribution in [2.45, 2.75) is 6.92 Å². The monoisotopic (exact) mass is 257 g/mol. The highest BCUT2D eigenvalue weighted by Gasteiger charge is 2.09. The Morgan fingerprint density at radius 2 is 1.94 bits per heavy atom. The summed E-state index contributed by atoms with van der Waals surface area (Å²) in [4.78, 5) is 15.4. The Balaban J connectivity index is 2.68. The summed E-state index contributed by atoms with van der Waals surface area (Å²) in [5.41, 5.74) is 0.306. The van der Waals surface area contributed by atoms with Crippen molar-refractivity contribution >= 4 is 23.2 Å². The van der Waals surface area contributed by atoms with Gasteiger partial charge in [-0.15, -0.1) is 0 Å². The third kappa shape index (κ3) is 1.74. The van der Waals surface area contributed by atoms with Gasteiger partial charge in [-0.25, -0.2) is 4.79 Å². The molecule has 0 aliphatic rings. The first kappa shape index (κ1) is 11.2. The lowest BCUT2D eigenvalue weighted by atomic mass is 10.3. The minimum atomic E-state index is -0.335. The van der Waals surface area contributed by atoms with Gasteiger partial charge in [-0.2, -0.15) is 9.67 Å². The van der Waals surface area contributed by atoms with Crippen LogP contribution in [0.4, 0.5) is 0 Å². The molecule has 0 aliphatic carbocycles.